The molecular weight excluding hydrogens is 276 g/mol. The number of rotatable bonds is 1. The van der Waals surface area contributed by atoms with Crippen LogP contribution in [0.2, 0.25) is 0 Å². The second-order valence-electron chi connectivity index (χ2n) is 4.98. The highest BCUT2D eigenvalue weighted by Gasteiger charge is 2.35. The molecule has 0 bridgehead atoms. The van der Waals surface area contributed by atoms with Gasteiger partial charge in [0.2, 0.25) is 17.3 Å². The second kappa shape index (κ2) is 4.12. The van der Waals surface area contributed by atoms with Crippen molar-refractivity contribution in [1.82, 2.24) is 0 Å². The number of phenolic OH excluding ortho intramolecular Hbond substituents is 3. The van der Waals surface area contributed by atoms with E-state index >= 15 is 0 Å². The lowest BCUT2D eigenvalue weighted by molar-refractivity contribution is -0.114. The highest BCUT2D eigenvalue weighted by Crippen LogP contribution is 2.49. The first-order valence-corrected chi connectivity index (χ1v) is 6.23. The molecule has 0 atom stereocenters. The molecule has 0 unspecified atom stereocenters. The number of carbonyl (C=O) groups excluding carboxylic acids is 2. The summed E-state index contributed by atoms with van der Waals surface area (Å²) in [6.45, 7) is 1.72. The van der Waals surface area contributed by atoms with Gasteiger partial charge in [-0.3, -0.25) is 9.59 Å². The zero-order chi connectivity index (χ0) is 15.5. The van der Waals surface area contributed by atoms with Gasteiger partial charge in [0.25, 0.3) is 0 Å². The third-order valence-corrected chi connectivity index (χ3v) is 3.78. The van der Waals surface area contributed by atoms with Gasteiger partial charge in [-0.15, -0.1) is 0 Å². The molecular formula is C15H12O6. The predicted octanol–water partition coefficient (Wildman–Crippen LogP) is 1.58. The van der Waals surface area contributed by atoms with E-state index in [0.717, 1.165) is 0 Å². The fourth-order valence-corrected chi connectivity index (χ4v) is 2.87. The summed E-state index contributed by atoms with van der Waals surface area (Å²) < 4.78 is 5.27. The molecule has 2 aromatic rings. The average Bonchev–Trinajstić information content (AvgIpc) is 2.45. The summed E-state index contributed by atoms with van der Waals surface area (Å²) in [5.74, 6) is -3.28. The monoisotopic (exact) mass is 288 g/mol. The smallest absolute Gasteiger partial charge is 0.233 e. The number of benzene rings is 2. The third kappa shape index (κ3) is 1.53. The Morgan fingerprint density at radius 3 is 2.38 bits per heavy atom. The molecule has 6 heteroatoms. The van der Waals surface area contributed by atoms with E-state index in [1.807, 2.05) is 0 Å². The molecule has 0 saturated carbocycles. The van der Waals surface area contributed by atoms with Gasteiger partial charge in [-0.25, -0.2) is 0 Å². The van der Waals surface area contributed by atoms with Crippen molar-refractivity contribution in [1.29, 1.82) is 0 Å². The molecule has 1 aliphatic rings. The number of aromatic hydroxyl groups is 3. The van der Waals surface area contributed by atoms with Crippen molar-refractivity contribution < 1.29 is 29.6 Å². The van der Waals surface area contributed by atoms with Crippen LogP contribution in [0, 0.1) is 6.92 Å². The summed E-state index contributed by atoms with van der Waals surface area (Å²) in [5, 5.41) is 30.1. The summed E-state index contributed by atoms with van der Waals surface area (Å²) in [5.41, 5.74) is 0.788. The lowest BCUT2D eigenvalue weighted by atomic mass is 9.84. The van der Waals surface area contributed by atoms with E-state index in [-0.39, 0.29) is 22.8 Å². The van der Waals surface area contributed by atoms with Crippen LogP contribution < -0.4 is 4.74 Å². The first-order chi connectivity index (χ1) is 9.88. The highest BCUT2D eigenvalue weighted by atomic mass is 16.5. The van der Waals surface area contributed by atoms with Crippen LogP contribution in [-0.2, 0) is 11.2 Å². The minimum absolute atomic E-state index is 0.170. The van der Waals surface area contributed by atoms with E-state index in [1.54, 1.807) is 13.0 Å². The molecule has 21 heavy (non-hydrogen) atoms. The van der Waals surface area contributed by atoms with Gasteiger partial charge in [0, 0.05) is 22.8 Å². The molecule has 0 heterocycles. The summed E-state index contributed by atoms with van der Waals surface area (Å²) in [6, 6.07) is 1.54. The van der Waals surface area contributed by atoms with Crippen molar-refractivity contribution in [2.24, 2.45) is 0 Å². The molecule has 0 aromatic heterocycles. The van der Waals surface area contributed by atoms with Gasteiger partial charge in [-0.2, -0.15) is 0 Å². The number of hydrogen-bond acceptors (Lipinski definition) is 6. The molecule has 3 rings (SSSR count). The third-order valence-electron chi connectivity index (χ3n) is 3.78. The molecule has 0 amide bonds. The molecule has 0 saturated heterocycles. The Morgan fingerprint density at radius 1 is 1.10 bits per heavy atom. The quantitative estimate of drug-likeness (QED) is 0.543. The maximum atomic E-state index is 12.0. The van der Waals surface area contributed by atoms with Crippen molar-refractivity contribution in [3.05, 3.63) is 22.8 Å². The van der Waals surface area contributed by atoms with Crippen LogP contribution in [0.25, 0.3) is 10.8 Å². The van der Waals surface area contributed by atoms with Gasteiger partial charge in [-0.1, -0.05) is 0 Å². The lowest BCUT2D eigenvalue weighted by Crippen LogP contribution is -2.23. The van der Waals surface area contributed by atoms with Gasteiger partial charge in [0.05, 0.1) is 12.7 Å². The topological polar surface area (TPSA) is 104 Å². The minimum Gasteiger partial charge on any atom is -0.504 e. The number of Topliss-reactive ketones (excluding diaryl/α,β-unsaturated/α-hetero) is 2. The number of ether oxygens (including phenoxy) is 1. The SMILES string of the molecule is COc1c(C)cc2c(O)c(O)c(O)c3c2c1CC(=O)C3=O. The zero-order valence-electron chi connectivity index (χ0n) is 11.4. The summed E-state index contributed by atoms with van der Waals surface area (Å²) in [7, 11) is 1.44. The van der Waals surface area contributed by atoms with E-state index in [4.69, 9.17) is 4.74 Å². The van der Waals surface area contributed by atoms with Crippen LogP contribution in [0.15, 0.2) is 6.07 Å². The molecule has 0 fully saturated rings. The molecule has 0 spiro atoms. The van der Waals surface area contributed by atoms with Crippen molar-refractivity contribution in [2.75, 3.05) is 7.11 Å². The standard InChI is InChI=1S/C15H12O6/c1-5-3-6-9-7(15(5)21-2)4-8(16)12(18)10(9)13(19)14(20)11(6)17/h3,17,19-20H,4H2,1-2H3. The van der Waals surface area contributed by atoms with Crippen molar-refractivity contribution in [3.63, 3.8) is 0 Å². The second-order valence-corrected chi connectivity index (χ2v) is 4.98. The number of phenols is 3. The van der Waals surface area contributed by atoms with E-state index in [9.17, 15) is 24.9 Å². The van der Waals surface area contributed by atoms with Crippen LogP contribution >= 0.6 is 0 Å². The lowest BCUT2D eigenvalue weighted by Gasteiger charge is -2.22. The first-order valence-electron chi connectivity index (χ1n) is 6.23. The van der Waals surface area contributed by atoms with Gasteiger partial charge in [0.1, 0.15) is 5.75 Å². The fourth-order valence-electron chi connectivity index (χ4n) is 2.87. The van der Waals surface area contributed by atoms with Crippen LogP contribution in [0.4, 0.5) is 0 Å². The van der Waals surface area contributed by atoms with Crippen LogP contribution in [-0.4, -0.2) is 34.0 Å². The van der Waals surface area contributed by atoms with Gasteiger partial charge in [-0.05, 0) is 18.6 Å². The van der Waals surface area contributed by atoms with Crippen LogP contribution in [0.3, 0.4) is 0 Å². The van der Waals surface area contributed by atoms with Crippen LogP contribution in [0.5, 0.6) is 23.0 Å². The van der Waals surface area contributed by atoms with E-state index in [2.05, 4.69) is 0 Å². The predicted molar refractivity (Wildman–Crippen MR) is 73.3 cm³/mol. The Hall–Kier alpha value is -2.76. The van der Waals surface area contributed by atoms with E-state index in [1.165, 1.54) is 7.11 Å². The number of hydrogen-bond donors (Lipinski definition) is 3. The number of methoxy groups -OCH3 is 1. The normalized spacial score (nSPS) is 13.8. The first kappa shape index (κ1) is 13.2. The Morgan fingerprint density at radius 2 is 1.76 bits per heavy atom. The molecule has 108 valence electrons. The molecule has 3 N–H and O–H groups in total. The van der Waals surface area contributed by atoms with Crippen molar-refractivity contribution in [2.45, 2.75) is 13.3 Å². The summed E-state index contributed by atoms with van der Waals surface area (Å²) >= 11 is 0. The number of carbonyl (C=O) groups is 2. The van der Waals surface area contributed by atoms with Crippen LogP contribution in [0.1, 0.15) is 21.5 Å². The Kier molecular flexibility index (Phi) is 2.59. The maximum absolute atomic E-state index is 12.0. The van der Waals surface area contributed by atoms with Crippen molar-refractivity contribution >= 4 is 22.3 Å². The van der Waals surface area contributed by atoms with Gasteiger partial charge >= 0.3 is 0 Å². The van der Waals surface area contributed by atoms with Gasteiger partial charge < -0.3 is 20.1 Å². The van der Waals surface area contributed by atoms with E-state index < -0.39 is 28.8 Å². The zero-order valence-corrected chi connectivity index (χ0v) is 11.4. The largest absolute Gasteiger partial charge is 0.504 e. The Bertz CT molecular complexity index is 834. The van der Waals surface area contributed by atoms with Gasteiger partial charge in [0.15, 0.2) is 11.5 Å². The Balaban J connectivity index is 2.64. The average molecular weight is 288 g/mol. The molecule has 0 aliphatic heterocycles. The molecule has 6 nitrogen and oxygen atoms in total. The van der Waals surface area contributed by atoms with E-state index in [0.29, 0.717) is 16.9 Å². The highest BCUT2D eigenvalue weighted by molar-refractivity contribution is 6.49. The van der Waals surface area contributed by atoms with Crippen molar-refractivity contribution in [3.8, 4) is 23.0 Å². The maximum Gasteiger partial charge on any atom is 0.233 e. The number of aryl methyl sites for hydroxylation is 1. The Labute approximate surface area is 119 Å². The number of ketones is 2. The molecule has 2 aromatic carbocycles. The summed E-state index contributed by atoms with van der Waals surface area (Å²) in [6.07, 6.45) is -0.170. The fraction of sp³-hybridized carbons (Fsp3) is 0.200. The minimum atomic E-state index is -0.883. The molecule has 1 aliphatic carbocycles. The molecule has 0 radical (unpaired) electrons. The summed E-state index contributed by atoms with van der Waals surface area (Å²) in [4.78, 5) is 23.9.